The number of carbonyl (C=O) groups is 3. The summed E-state index contributed by atoms with van der Waals surface area (Å²) >= 11 is 8.42. The lowest BCUT2D eigenvalue weighted by Crippen LogP contribution is -2.49. The number of ether oxygens (including phenoxy) is 1. The molecular formula is C22H25BrN4O4S. The van der Waals surface area contributed by atoms with Crippen molar-refractivity contribution >= 4 is 56.7 Å². The third-order valence-corrected chi connectivity index (χ3v) is 5.04. The third-order valence-electron chi connectivity index (χ3n) is 4.21. The van der Waals surface area contributed by atoms with Gasteiger partial charge >= 0.3 is 0 Å². The van der Waals surface area contributed by atoms with E-state index >= 15 is 0 Å². The SMILES string of the molecule is CCCC(=O)Nc1ccc(C(=O)NNC(=S)NC(=O)COc2ccc(CC)cc2Br)cc1. The van der Waals surface area contributed by atoms with Crippen LogP contribution in [0.3, 0.4) is 0 Å². The molecule has 0 aliphatic carbocycles. The zero-order chi connectivity index (χ0) is 23.5. The van der Waals surface area contributed by atoms with Crippen LogP contribution in [0.2, 0.25) is 0 Å². The first-order chi connectivity index (χ1) is 15.3. The van der Waals surface area contributed by atoms with Crippen LogP contribution in [0.1, 0.15) is 42.6 Å². The number of benzene rings is 2. The van der Waals surface area contributed by atoms with E-state index in [0.717, 1.165) is 22.9 Å². The zero-order valence-electron chi connectivity index (χ0n) is 17.8. The highest BCUT2D eigenvalue weighted by atomic mass is 79.9. The van der Waals surface area contributed by atoms with Crippen LogP contribution < -0.4 is 26.2 Å². The van der Waals surface area contributed by atoms with E-state index in [2.05, 4.69) is 37.4 Å². The molecule has 3 amide bonds. The maximum atomic E-state index is 12.2. The summed E-state index contributed by atoms with van der Waals surface area (Å²) in [5, 5.41) is 5.09. The van der Waals surface area contributed by atoms with Crippen molar-refractivity contribution in [2.45, 2.75) is 33.1 Å². The molecule has 0 bridgehead atoms. The standard InChI is InChI=1S/C22H25BrN4O4S/c1-3-5-19(28)24-16-9-7-15(8-10-16)21(30)26-27-22(32)25-20(29)13-31-18-11-6-14(4-2)12-17(18)23/h6-12H,3-5,13H2,1-2H3,(H,24,28)(H,26,30)(H2,25,27,29,32). The van der Waals surface area contributed by atoms with Gasteiger partial charge in [0, 0.05) is 17.7 Å². The molecule has 0 aromatic heterocycles. The predicted molar refractivity (Wildman–Crippen MR) is 130 cm³/mol. The van der Waals surface area contributed by atoms with E-state index in [0.29, 0.717) is 23.4 Å². The average Bonchev–Trinajstić information content (AvgIpc) is 2.77. The van der Waals surface area contributed by atoms with Gasteiger partial charge in [0.25, 0.3) is 11.8 Å². The lowest BCUT2D eigenvalue weighted by molar-refractivity contribution is -0.121. The number of thiocarbonyl (C=S) groups is 1. The van der Waals surface area contributed by atoms with Gasteiger partial charge < -0.3 is 10.1 Å². The summed E-state index contributed by atoms with van der Waals surface area (Å²) in [7, 11) is 0. The minimum Gasteiger partial charge on any atom is -0.483 e. The van der Waals surface area contributed by atoms with Crippen LogP contribution >= 0.6 is 28.1 Å². The number of rotatable bonds is 8. The van der Waals surface area contributed by atoms with Crippen molar-refractivity contribution < 1.29 is 19.1 Å². The van der Waals surface area contributed by atoms with Crippen molar-refractivity contribution in [3.8, 4) is 5.75 Å². The molecule has 0 atom stereocenters. The van der Waals surface area contributed by atoms with Gasteiger partial charge in [0.2, 0.25) is 5.91 Å². The average molecular weight is 521 g/mol. The van der Waals surface area contributed by atoms with Gasteiger partial charge in [-0.1, -0.05) is 19.9 Å². The Labute approximate surface area is 200 Å². The van der Waals surface area contributed by atoms with E-state index in [9.17, 15) is 14.4 Å². The van der Waals surface area contributed by atoms with Crippen molar-refractivity contribution in [1.82, 2.24) is 16.2 Å². The van der Waals surface area contributed by atoms with Gasteiger partial charge in [0.05, 0.1) is 4.47 Å². The summed E-state index contributed by atoms with van der Waals surface area (Å²) in [6, 6.07) is 12.0. The molecule has 0 saturated carbocycles. The fourth-order valence-corrected chi connectivity index (χ4v) is 3.27. The Morgan fingerprint density at radius 1 is 1.00 bits per heavy atom. The smallest absolute Gasteiger partial charge is 0.269 e. The molecule has 2 rings (SSSR count). The van der Waals surface area contributed by atoms with Crippen molar-refractivity contribution in [2.24, 2.45) is 0 Å². The number of hydrogen-bond acceptors (Lipinski definition) is 5. The summed E-state index contributed by atoms with van der Waals surface area (Å²) in [4.78, 5) is 35.8. The summed E-state index contributed by atoms with van der Waals surface area (Å²) in [5.41, 5.74) is 6.96. The van der Waals surface area contributed by atoms with Gasteiger partial charge in [-0.05, 0) is 83.0 Å². The molecule has 0 aliphatic rings. The fourth-order valence-electron chi connectivity index (χ4n) is 2.56. The Balaban J connectivity index is 1.75. The van der Waals surface area contributed by atoms with Crippen LogP contribution in [-0.2, 0) is 16.0 Å². The molecule has 0 fully saturated rings. The van der Waals surface area contributed by atoms with Crippen LogP contribution in [0.5, 0.6) is 5.75 Å². The second kappa shape index (κ2) is 12.8. The van der Waals surface area contributed by atoms with E-state index in [4.69, 9.17) is 17.0 Å². The van der Waals surface area contributed by atoms with E-state index in [1.165, 1.54) is 0 Å². The van der Waals surface area contributed by atoms with Crippen LogP contribution in [0, 0.1) is 0 Å². The number of hydrazine groups is 1. The Kier molecular flexibility index (Phi) is 10.1. The Morgan fingerprint density at radius 2 is 1.72 bits per heavy atom. The molecule has 0 spiro atoms. The highest BCUT2D eigenvalue weighted by molar-refractivity contribution is 9.10. The van der Waals surface area contributed by atoms with Gasteiger partial charge in [-0.15, -0.1) is 0 Å². The Bertz CT molecular complexity index is 982. The molecule has 0 radical (unpaired) electrons. The number of aryl methyl sites for hydroxylation is 1. The van der Waals surface area contributed by atoms with E-state index < -0.39 is 11.8 Å². The number of nitrogens with one attached hydrogen (secondary N) is 4. The van der Waals surface area contributed by atoms with Gasteiger partial charge in [-0.25, -0.2) is 0 Å². The number of halogens is 1. The minimum atomic E-state index is -0.476. The lowest BCUT2D eigenvalue weighted by atomic mass is 10.2. The van der Waals surface area contributed by atoms with Crippen LogP contribution in [0.25, 0.3) is 0 Å². The Morgan fingerprint density at radius 3 is 2.34 bits per heavy atom. The third kappa shape index (κ3) is 8.27. The molecule has 8 nitrogen and oxygen atoms in total. The topological polar surface area (TPSA) is 109 Å². The molecule has 32 heavy (non-hydrogen) atoms. The number of amides is 3. The van der Waals surface area contributed by atoms with Gasteiger partial charge in [-0.3, -0.25) is 30.6 Å². The van der Waals surface area contributed by atoms with Crippen molar-refractivity contribution in [2.75, 3.05) is 11.9 Å². The summed E-state index contributed by atoms with van der Waals surface area (Å²) < 4.78 is 6.24. The first-order valence-electron chi connectivity index (χ1n) is 10.0. The summed E-state index contributed by atoms with van der Waals surface area (Å²) in [6.45, 7) is 3.72. The first-order valence-corrected chi connectivity index (χ1v) is 11.2. The zero-order valence-corrected chi connectivity index (χ0v) is 20.2. The molecule has 10 heteroatoms. The maximum Gasteiger partial charge on any atom is 0.269 e. The van der Waals surface area contributed by atoms with E-state index in [-0.39, 0.29) is 17.6 Å². The predicted octanol–water partition coefficient (Wildman–Crippen LogP) is 3.46. The summed E-state index contributed by atoms with van der Waals surface area (Å²) in [6.07, 6.45) is 2.08. The lowest BCUT2D eigenvalue weighted by Gasteiger charge is -2.12. The quantitative estimate of drug-likeness (QED) is 0.313. The molecule has 170 valence electrons. The number of carbonyl (C=O) groups excluding carboxylic acids is 3. The number of anilines is 1. The van der Waals surface area contributed by atoms with E-state index in [1.54, 1.807) is 30.3 Å². The summed E-state index contributed by atoms with van der Waals surface area (Å²) in [5.74, 6) is -0.472. The van der Waals surface area contributed by atoms with Crippen molar-refractivity contribution in [3.05, 3.63) is 58.1 Å². The highest BCUT2D eigenvalue weighted by Crippen LogP contribution is 2.26. The highest BCUT2D eigenvalue weighted by Gasteiger charge is 2.10. The minimum absolute atomic E-state index is 0.0733. The van der Waals surface area contributed by atoms with Crippen LogP contribution in [0.4, 0.5) is 5.69 Å². The van der Waals surface area contributed by atoms with Gasteiger partial charge in [0.1, 0.15) is 5.75 Å². The maximum absolute atomic E-state index is 12.2. The van der Waals surface area contributed by atoms with Crippen LogP contribution in [0.15, 0.2) is 46.9 Å². The second-order valence-corrected chi connectivity index (χ2v) is 8.00. The van der Waals surface area contributed by atoms with Gasteiger partial charge in [-0.2, -0.15) is 0 Å². The van der Waals surface area contributed by atoms with Gasteiger partial charge in [0.15, 0.2) is 11.7 Å². The molecule has 4 N–H and O–H groups in total. The molecule has 0 heterocycles. The van der Waals surface area contributed by atoms with Crippen molar-refractivity contribution in [1.29, 1.82) is 0 Å². The Hall–Kier alpha value is -2.98. The van der Waals surface area contributed by atoms with Crippen LogP contribution in [-0.4, -0.2) is 29.4 Å². The first kappa shape index (κ1) is 25.3. The second-order valence-electron chi connectivity index (χ2n) is 6.74. The normalized spacial score (nSPS) is 10.1. The molecule has 0 unspecified atom stereocenters. The largest absolute Gasteiger partial charge is 0.483 e. The molecular weight excluding hydrogens is 496 g/mol. The van der Waals surface area contributed by atoms with Crippen molar-refractivity contribution in [3.63, 3.8) is 0 Å². The molecule has 2 aromatic carbocycles. The fraction of sp³-hybridized carbons (Fsp3) is 0.273. The molecule has 0 aliphatic heterocycles. The molecule has 0 saturated heterocycles. The molecule has 2 aromatic rings. The monoisotopic (exact) mass is 520 g/mol. The number of hydrogen-bond donors (Lipinski definition) is 4. The van der Waals surface area contributed by atoms with E-state index in [1.807, 2.05) is 26.0 Å².